The van der Waals surface area contributed by atoms with Crippen molar-refractivity contribution >= 4 is 11.6 Å². The summed E-state index contributed by atoms with van der Waals surface area (Å²) >= 11 is 0. The molecule has 0 spiro atoms. The molecule has 2 atom stereocenters. The Hall–Kier alpha value is -2.09. The lowest BCUT2D eigenvalue weighted by Crippen LogP contribution is -2.38. The highest BCUT2D eigenvalue weighted by molar-refractivity contribution is 6.02. The molecule has 2 aliphatic rings. The fraction of sp³-hybridized carbons (Fsp3) is 0.235. The first-order chi connectivity index (χ1) is 9.27. The predicted octanol–water partition coefficient (Wildman–Crippen LogP) is 3.09. The van der Waals surface area contributed by atoms with Crippen LogP contribution in [0.3, 0.4) is 0 Å². The molecule has 0 N–H and O–H groups in total. The second-order valence-electron chi connectivity index (χ2n) is 5.44. The summed E-state index contributed by atoms with van der Waals surface area (Å²) in [5.74, 6) is 0.557. The van der Waals surface area contributed by atoms with E-state index in [0.717, 1.165) is 12.1 Å². The van der Waals surface area contributed by atoms with E-state index in [2.05, 4.69) is 30.3 Å². The number of benzene rings is 2. The first kappa shape index (κ1) is 10.8. The van der Waals surface area contributed by atoms with Crippen LogP contribution in [0.2, 0.25) is 0 Å². The second-order valence-corrected chi connectivity index (χ2v) is 5.44. The standard InChI is InChI=1S/C17H15NO/c1-18-15-9-5-4-8-13(15)14-10-11-6-2-3-7-12(11)16(14)17(18)19/h2-9,14,16H,10H2,1H3/t14-,16+/m0/s1. The van der Waals surface area contributed by atoms with E-state index in [4.69, 9.17) is 0 Å². The van der Waals surface area contributed by atoms with E-state index in [9.17, 15) is 4.79 Å². The Kier molecular flexibility index (Phi) is 2.10. The van der Waals surface area contributed by atoms with E-state index in [1.807, 2.05) is 30.1 Å². The highest BCUT2D eigenvalue weighted by Gasteiger charge is 2.44. The molecular weight excluding hydrogens is 234 g/mol. The Balaban J connectivity index is 1.94. The summed E-state index contributed by atoms with van der Waals surface area (Å²) in [5, 5.41) is 0. The van der Waals surface area contributed by atoms with Gasteiger partial charge < -0.3 is 4.90 Å². The highest BCUT2D eigenvalue weighted by Crippen LogP contribution is 2.50. The summed E-state index contributed by atoms with van der Waals surface area (Å²) in [7, 11) is 1.89. The van der Waals surface area contributed by atoms with Crippen molar-refractivity contribution in [3.05, 3.63) is 65.2 Å². The van der Waals surface area contributed by atoms with Crippen molar-refractivity contribution < 1.29 is 4.79 Å². The summed E-state index contributed by atoms with van der Waals surface area (Å²) in [6.07, 6.45) is 0.984. The average molecular weight is 249 g/mol. The van der Waals surface area contributed by atoms with Crippen LogP contribution in [0.5, 0.6) is 0 Å². The van der Waals surface area contributed by atoms with Gasteiger partial charge in [0.25, 0.3) is 0 Å². The zero-order valence-corrected chi connectivity index (χ0v) is 10.8. The van der Waals surface area contributed by atoms with Crippen molar-refractivity contribution in [1.29, 1.82) is 0 Å². The molecule has 1 aliphatic heterocycles. The van der Waals surface area contributed by atoms with Gasteiger partial charge in [0.15, 0.2) is 0 Å². The third-order valence-electron chi connectivity index (χ3n) is 4.53. The molecule has 1 heterocycles. The number of carbonyl (C=O) groups is 1. The smallest absolute Gasteiger partial charge is 0.234 e. The van der Waals surface area contributed by atoms with Crippen LogP contribution in [0.15, 0.2) is 48.5 Å². The summed E-state index contributed by atoms with van der Waals surface area (Å²) in [4.78, 5) is 14.5. The number of nitrogens with zero attached hydrogens (tertiary/aromatic N) is 1. The van der Waals surface area contributed by atoms with Crippen LogP contribution in [0.4, 0.5) is 5.69 Å². The molecule has 0 radical (unpaired) electrons. The number of anilines is 1. The first-order valence-corrected chi connectivity index (χ1v) is 6.71. The summed E-state index contributed by atoms with van der Waals surface area (Å²) in [5.41, 5.74) is 4.93. The fourth-order valence-electron chi connectivity index (χ4n) is 3.62. The number of amides is 1. The summed E-state index contributed by atoms with van der Waals surface area (Å²) < 4.78 is 0. The summed E-state index contributed by atoms with van der Waals surface area (Å²) in [6.45, 7) is 0. The van der Waals surface area contributed by atoms with Crippen molar-refractivity contribution in [3.63, 3.8) is 0 Å². The van der Waals surface area contributed by atoms with Gasteiger partial charge in [-0.2, -0.15) is 0 Å². The Morgan fingerprint density at radius 3 is 2.53 bits per heavy atom. The zero-order valence-electron chi connectivity index (χ0n) is 10.8. The Morgan fingerprint density at radius 1 is 1.00 bits per heavy atom. The molecule has 2 aromatic carbocycles. The van der Waals surface area contributed by atoms with Crippen molar-refractivity contribution in [2.24, 2.45) is 0 Å². The van der Waals surface area contributed by atoms with Gasteiger partial charge in [0.2, 0.25) is 5.91 Å². The second kappa shape index (κ2) is 3.70. The van der Waals surface area contributed by atoms with Gasteiger partial charge in [0.05, 0.1) is 5.92 Å². The van der Waals surface area contributed by atoms with Crippen LogP contribution in [0.1, 0.15) is 28.5 Å². The van der Waals surface area contributed by atoms with Crippen molar-refractivity contribution in [1.82, 2.24) is 0 Å². The highest BCUT2D eigenvalue weighted by atomic mass is 16.2. The van der Waals surface area contributed by atoms with Crippen molar-refractivity contribution in [2.45, 2.75) is 18.3 Å². The number of hydrogen-bond acceptors (Lipinski definition) is 1. The Morgan fingerprint density at radius 2 is 1.68 bits per heavy atom. The largest absolute Gasteiger partial charge is 0.315 e. The monoisotopic (exact) mass is 249 g/mol. The first-order valence-electron chi connectivity index (χ1n) is 6.71. The van der Waals surface area contributed by atoms with E-state index in [1.165, 1.54) is 16.7 Å². The molecular formula is C17H15NO. The Labute approximate surface area is 112 Å². The van der Waals surface area contributed by atoms with Gasteiger partial charge in [-0.15, -0.1) is 0 Å². The molecule has 1 amide bonds. The minimum Gasteiger partial charge on any atom is -0.315 e. The molecule has 2 nitrogen and oxygen atoms in total. The van der Waals surface area contributed by atoms with Gasteiger partial charge in [0.1, 0.15) is 0 Å². The molecule has 2 aromatic rings. The van der Waals surface area contributed by atoms with Crippen LogP contribution >= 0.6 is 0 Å². The van der Waals surface area contributed by atoms with Crippen LogP contribution in [0.25, 0.3) is 0 Å². The SMILES string of the molecule is CN1C(=O)[C@@H]2c3ccccc3C[C@H]2c2ccccc21. The number of fused-ring (bicyclic) bond motifs is 5. The predicted molar refractivity (Wildman–Crippen MR) is 75.5 cm³/mol. The van der Waals surface area contributed by atoms with Crippen LogP contribution in [-0.2, 0) is 11.2 Å². The molecule has 0 saturated carbocycles. The molecule has 94 valence electrons. The lowest BCUT2D eigenvalue weighted by molar-refractivity contribution is -0.120. The van der Waals surface area contributed by atoms with Gasteiger partial charge in [-0.3, -0.25) is 4.79 Å². The molecule has 0 bridgehead atoms. The Bertz CT molecular complexity index is 676. The molecule has 0 unspecified atom stereocenters. The molecule has 4 rings (SSSR count). The molecule has 0 aromatic heterocycles. The maximum atomic E-state index is 12.7. The minimum absolute atomic E-state index is 0.0103. The van der Waals surface area contributed by atoms with Crippen molar-refractivity contribution in [2.75, 3.05) is 11.9 Å². The van der Waals surface area contributed by atoms with Crippen LogP contribution in [0, 0.1) is 0 Å². The van der Waals surface area contributed by atoms with Crippen molar-refractivity contribution in [3.8, 4) is 0 Å². The molecule has 1 aliphatic carbocycles. The van der Waals surface area contributed by atoms with E-state index in [-0.39, 0.29) is 11.8 Å². The number of likely N-dealkylation sites (N-methyl/N-ethyl adjacent to an activating group) is 1. The number of carbonyl (C=O) groups excluding carboxylic acids is 1. The maximum absolute atomic E-state index is 12.7. The van der Waals surface area contributed by atoms with Gasteiger partial charge >= 0.3 is 0 Å². The lowest BCUT2D eigenvalue weighted by Gasteiger charge is -2.34. The molecule has 0 saturated heterocycles. The number of hydrogen-bond donors (Lipinski definition) is 0. The van der Waals surface area contributed by atoms with Gasteiger partial charge in [0, 0.05) is 18.7 Å². The van der Waals surface area contributed by atoms with Crippen LogP contribution < -0.4 is 4.90 Å². The van der Waals surface area contributed by atoms with E-state index < -0.39 is 0 Å². The topological polar surface area (TPSA) is 20.3 Å². The lowest BCUT2D eigenvalue weighted by atomic mass is 9.81. The van der Waals surface area contributed by atoms with Crippen LogP contribution in [-0.4, -0.2) is 13.0 Å². The minimum atomic E-state index is 0.0103. The number of rotatable bonds is 0. The molecule has 19 heavy (non-hydrogen) atoms. The normalized spacial score (nSPS) is 23.8. The third kappa shape index (κ3) is 1.34. The zero-order chi connectivity index (χ0) is 13.0. The van der Waals surface area contributed by atoms with Gasteiger partial charge in [-0.1, -0.05) is 42.5 Å². The summed E-state index contributed by atoms with van der Waals surface area (Å²) in [6, 6.07) is 16.7. The number of para-hydroxylation sites is 1. The van der Waals surface area contributed by atoms with E-state index in [1.54, 1.807) is 0 Å². The quantitative estimate of drug-likeness (QED) is 0.702. The third-order valence-corrected chi connectivity index (χ3v) is 4.53. The maximum Gasteiger partial charge on any atom is 0.234 e. The fourth-order valence-corrected chi connectivity index (χ4v) is 3.62. The van der Waals surface area contributed by atoms with Gasteiger partial charge in [-0.05, 0) is 29.2 Å². The van der Waals surface area contributed by atoms with E-state index >= 15 is 0 Å². The van der Waals surface area contributed by atoms with Gasteiger partial charge in [-0.25, -0.2) is 0 Å². The molecule has 0 fully saturated rings. The van der Waals surface area contributed by atoms with E-state index in [0.29, 0.717) is 5.92 Å². The molecule has 2 heteroatoms. The average Bonchev–Trinajstić information content (AvgIpc) is 2.84.